The summed E-state index contributed by atoms with van der Waals surface area (Å²) in [4.78, 5) is 17.4. The quantitative estimate of drug-likeness (QED) is 0.338. The van der Waals surface area contributed by atoms with Gasteiger partial charge in [-0.3, -0.25) is 0 Å². The molecule has 0 radical (unpaired) electrons. The Morgan fingerprint density at radius 2 is 1.47 bits per heavy atom. The molecule has 0 spiro atoms. The Labute approximate surface area is 181 Å². The molecule has 0 saturated heterocycles. The monoisotopic (exact) mass is 409 g/mol. The second-order valence-electron chi connectivity index (χ2n) is 9.79. The summed E-state index contributed by atoms with van der Waals surface area (Å²) in [6.07, 6.45) is 2.04. The van der Waals surface area contributed by atoms with Crippen molar-refractivity contribution in [3.63, 3.8) is 0 Å². The Morgan fingerprint density at radius 1 is 0.933 bits per heavy atom. The van der Waals surface area contributed by atoms with Gasteiger partial charge in [0.25, 0.3) is 0 Å². The third-order valence-electron chi connectivity index (χ3n) is 5.02. The van der Waals surface area contributed by atoms with Gasteiger partial charge in [0, 0.05) is 28.7 Å². The maximum atomic E-state index is 12.1. The summed E-state index contributed by atoms with van der Waals surface area (Å²) in [5.41, 5.74) is 3.40. The number of unbranched alkanes of at least 4 members (excludes halogenated alkanes) is 1. The van der Waals surface area contributed by atoms with Gasteiger partial charge in [0.1, 0.15) is 11.5 Å². The molecule has 0 unspecified atom stereocenters. The minimum atomic E-state index is -0.337. The van der Waals surface area contributed by atoms with Crippen LogP contribution < -0.4 is 0 Å². The topological polar surface area (TPSA) is 58.9 Å². The Kier molecular flexibility index (Phi) is 7.46. The molecule has 30 heavy (non-hydrogen) atoms. The van der Waals surface area contributed by atoms with Crippen molar-refractivity contribution in [1.29, 1.82) is 0 Å². The molecule has 0 aliphatic rings. The lowest BCUT2D eigenvalue weighted by molar-refractivity contribution is -0.143. The van der Waals surface area contributed by atoms with Gasteiger partial charge >= 0.3 is 5.97 Å². The molecule has 0 fully saturated rings. The average molecular weight is 410 g/mol. The molecule has 0 saturated carbocycles. The number of carbonyl (C=O) groups is 1. The molecule has 2 aromatic carbocycles. The van der Waals surface area contributed by atoms with Gasteiger partial charge in [-0.2, -0.15) is 0 Å². The molecule has 0 aliphatic heterocycles. The van der Waals surface area contributed by atoms with Crippen molar-refractivity contribution in [2.24, 2.45) is 5.16 Å². The molecule has 0 bridgehead atoms. The molecular weight excluding hydrogens is 374 g/mol. The minimum Gasteiger partial charge on any atom is -0.507 e. The van der Waals surface area contributed by atoms with Crippen LogP contribution in [0, 0.1) is 0 Å². The zero-order valence-electron chi connectivity index (χ0n) is 19.4. The van der Waals surface area contributed by atoms with Crippen LogP contribution in [0.25, 0.3) is 0 Å². The number of oxime groups is 1. The molecule has 0 aromatic heterocycles. The zero-order valence-corrected chi connectivity index (χ0v) is 19.4. The van der Waals surface area contributed by atoms with E-state index in [-0.39, 0.29) is 16.8 Å². The Morgan fingerprint density at radius 3 is 1.93 bits per heavy atom. The fourth-order valence-corrected chi connectivity index (χ4v) is 3.25. The lowest BCUT2D eigenvalue weighted by atomic mass is 9.77. The highest BCUT2D eigenvalue weighted by atomic mass is 16.7. The number of nitrogens with zero attached hydrogens (tertiary/aromatic N) is 1. The molecule has 1 N–H and O–H groups in total. The van der Waals surface area contributed by atoms with Crippen LogP contribution in [0.15, 0.2) is 47.6 Å². The van der Waals surface area contributed by atoms with E-state index in [1.54, 1.807) is 0 Å². The molecule has 0 atom stereocenters. The molecular formula is C26H35NO3. The summed E-state index contributed by atoms with van der Waals surface area (Å²) < 4.78 is 0. The van der Waals surface area contributed by atoms with E-state index in [1.807, 2.05) is 49.4 Å². The van der Waals surface area contributed by atoms with Gasteiger partial charge in [-0.25, -0.2) is 4.79 Å². The first-order valence-electron chi connectivity index (χ1n) is 10.7. The van der Waals surface area contributed by atoms with Crippen molar-refractivity contribution < 1.29 is 14.7 Å². The van der Waals surface area contributed by atoms with E-state index >= 15 is 0 Å². The number of rotatable bonds is 6. The summed E-state index contributed by atoms with van der Waals surface area (Å²) in [6, 6.07) is 13.6. The Hall–Kier alpha value is -2.62. The fourth-order valence-electron chi connectivity index (χ4n) is 3.25. The third-order valence-corrected chi connectivity index (χ3v) is 5.02. The molecule has 0 heterocycles. The van der Waals surface area contributed by atoms with Crippen LogP contribution in [0.4, 0.5) is 0 Å². The number of aromatic hydroxyl groups is 1. The third kappa shape index (κ3) is 5.94. The first kappa shape index (κ1) is 23.7. The van der Waals surface area contributed by atoms with Crippen LogP contribution in [0.3, 0.4) is 0 Å². The Bertz CT molecular complexity index is 865. The van der Waals surface area contributed by atoms with E-state index in [1.165, 1.54) is 0 Å². The van der Waals surface area contributed by atoms with Gasteiger partial charge in [-0.15, -0.1) is 0 Å². The first-order valence-corrected chi connectivity index (χ1v) is 10.7. The summed E-state index contributed by atoms with van der Waals surface area (Å²) in [6.45, 7) is 14.5. The molecule has 0 amide bonds. The second kappa shape index (κ2) is 9.46. The lowest BCUT2D eigenvalue weighted by Crippen LogP contribution is -2.19. The standard InChI is InChI=1S/C26H35NO3/c1-8-9-15-22(28)30-27-23(18-13-11-10-12-14-18)19-16-20(25(2,3)4)24(29)21(17-19)26(5,6)7/h10-14,16-17,29H,8-9,15H2,1-7H3. The normalized spacial score (nSPS) is 12.7. The van der Waals surface area contributed by atoms with Crippen molar-refractivity contribution >= 4 is 11.7 Å². The number of benzene rings is 2. The van der Waals surface area contributed by atoms with E-state index in [4.69, 9.17) is 4.84 Å². The van der Waals surface area contributed by atoms with Gasteiger partial charge < -0.3 is 9.94 Å². The number of carbonyl (C=O) groups excluding carboxylic acids is 1. The van der Waals surface area contributed by atoms with Crippen molar-refractivity contribution in [1.82, 2.24) is 0 Å². The number of phenols is 1. The molecule has 2 rings (SSSR count). The highest BCUT2D eigenvalue weighted by molar-refractivity contribution is 6.13. The van der Waals surface area contributed by atoms with Crippen LogP contribution in [-0.2, 0) is 20.5 Å². The summed E-state index contributed by atoms with van der Waals surface area (Å²) >= 11 is 0. The van der Waals surface area contributed by atoms with E-state index in [0.29, 0.717) is 17.9 Å². The maximum Gasteiger partial charge on any atom is 0.335 e. The van der Waals surface area contributed by atoms with Crippen molar-refractivity contribution in [2.45, 2.75) is 78.6 Å². The van der Waals surface area contributed by atoms with Crippen LogP contribution in [-0.4, -0.2) is 16.8 Å². The SMILES string of the molecule is CCCCC(=O)ON=C(c1ccccc1)c1cc(C(C)(C)C)c(O)c(C(C)(C)C)c1. The maximum absolute atomic E-state index is 12.1. The predicted molar refractivity (Wildman–Crippen MR) is 123 cm³/mol. The van der Waals surface area contributed by atoms with Gasteiger partial charge in [-0.1, -0.05) is 90.4 Å². The average Bonchev–Trinajstić information content (AvgIpc) is 2.66. The van der Waals surface area contributed by atoms with Gasteiger partial charge in [-0.05, 0) is 29.4 Å². The van der Waals surface area contributed by atoms with Crippen LogP contribution >= 0.6 is 0 Å². The summed E-state index contributed by atoms with van der Waals surface area (Å²) in [7, 11) is 0. The lowest BCUT2D eigenvalue weighted by Gasteiger charge is -2.28. The van der Waals surface area contributed by atoms with Gasteiger partial charge in [0.05, 0.1) is 0 Å². The molecule has 4 nitrogen and oxygen atoms in total. The summed E-state index contributed by atoms with van der Waals surface area (Å²) in [5, 5.41) is 15.3. The predicted octanol–water partition coefficient (Wildman–Crippen LogP) is 6.47. The molecule has 0 aliphatic carbocycles. The molecule has 162 valence electrons. The van der Waals surface area contributed by atoms with E-state index in [2.05, 4.69) is 46.7 Å². The van der Waals surface area contributed by atoms with Crippen LogP contribution in [0.2, 0.25) is 0 Å². The highest BCUT2D eigenvalue weighted by Crippen LogP contribution is 2.40. The zero-order chi connectivity index (χ0) is 22.5. The van der Waals surface area contributed by atoms with Gasteiger partial charge in [0.15, 0.2) is 0 Å². The molecule has 4 heteroatoms. The minimum absolute atomic E-state index is 0.264. The Balaban J connectivity index is 2.67. The van der Waals surface area contributed by atoms with Gasteiger partial charge in [0.2, 0.25) is 0 Å². The van der Waals surface area contributed by atoms with Crippen molar-refractivity contribution in [3.8, 4) is 5.75 Å². The second-order valence-corrected chi connectivity index (χ2v) is 9.79. The van der Waals surface area contributed by atoms with Crippen LogP contribution in [0.5, 0.6) is 5.75 Å². The smallest absolute Gasteiger partial charge is 0.335 e. The van der Waals surface area contributed by atoms with E-state index < -0.39 is 0 Å². The van der Waals surface area contributed by atoms with Crippen molar-refractivity contribution in [3.05, 3.63) is 64.7 Å². The largest absolute Gasteiger partial charge is 0.507 e. The number of phenolic OH excluding ortho intramolecular Hbond substituents is 1. The van der Waals surface area contributed by atoms with Crippen LogP contribution in [0.1, 0.15) is 90.0 Å². The first-order chi connectivity index (χ1) is 13.9. The fraction of sp³-hybridized carbons (Fsp3) is 0.462. The molecule has 2 aromatic rings. The number of hydrogen-bond donors (Lipinski definition) is 1. The summed E-state index contributed by atoms with van der Waals surface area (Å²) in [5.74, 6) is -0.0257. The number of hydrogen-bond acceptors (Lipinski definition) is 4. The highest BCUT2D eigenvalue weighted by Gasteiger charge is 2.28. The van der Waals surface area contributed by atoms with Crippen molar-refractivity contribution in [2.75, 3.05) is 0 Å². The van der Waals surface area contributed by atoms with E-state index in [9.17, 15) is 9.90 Å². The van der Waals surface area contributed by atoms with E-state index in [0.717, 1.165) is 35.1 Å².